The van der Waals surface area contributed by atoms with Gasteiger partial charge in [-0.15, -0.1) is 0 Å². The van der Waals surface area contributed by atoms with Crippen LogP contribution in [0.2, 0.25) is 0 Å². The highest BCUT2D eigenvalue weighted by atomic mass is 16.3. The molecule has 0 radical (unpaired) electrons. The molecule has 8 heteroatoms. The first-order valence-electron chi connectivity index (χ1n) is 7.89. The summed E-state index contributed by atoms with van der Waals surface area (Å²) < 4.78 is 0. The second kappa shape index (κ2) is 8.61. The number of rotatable bonds is 7. The zero-order valence-electron chi connectivity index (χ0n) is 14.6. The minimum atomic E-state index is -0.0439. The third-order valence-electron chi connectivity index (χ3n) is 3.56. The van der Waals surface area contributed by atoms with Crippen molar-refractivity contribution in [2.24, 2.45) is 10.2 Å². The first-order valence-corrected chi connectivity index (χ1v) is 7.89. The standard InChI is InChI=1S/C18H22N4O4/c1-21(19-11-13-3-5-15(23)9-17(13)25)7-8-22(2)20-12-14-4-6-16(24)10-18(14)26/h3-6,9-12,23-26H,7-8H2,1-2H3/b19-11-,20-12+. The highest BCUT2D eigenvalue weighted by Crippen LogP contribution is 2.21. The molecular weight excluding hydrogens is 336 g/mol. The van der Waals surface area contributed by atoms with E-state index < -0.39 is 0 Å². The van der Waals surface area contributed by atoms with Crippen LogP contribution in [0.3, 0.4) is 0 Å². The summed E-state index contributed by atoms with van der Waals surface area (Å²) in [6.07, 6.45) is 3.01. The van der Waals surface area contributed by atoms with Gasteiger partial charge in [-0.1, -0.05) is 0 Å². The molecule has 4 N–H and O–H groups in total. The lowest BCUT2D eigenvalue weighted by Crippen LogP contribution is -2.25. The van der Waals surface area contributed by atoms with Gasteiger partial charge >= 0.3 is 0 Å². The Hall–Kier alpha value is -3.42. The summed E-state index contributed by atoms with van der Waals surface area (Å²) in [6.45, 7) is 1.15. The molecule has 2 aromatic rings. The van der Waals surface area contributed by atoms with E-state index in [1.807, 2.05) is 0 Å². The molecule has 0 aliphatic rings. The molecule has 0 aromatic heterocycles. The molecule has 0 fully saturated rings. The number of phenolic OH excluding ortho intramolecular Hbond substituents is 4. The summed E-state index contributed by atoms with van der Waals surface area (Å²) in [5.74, 6) is -0.102. The van der Waals surface area contributed by atoms with E-state index >= 15 is 0 Å². The number of nitrogens with zero attached hydrogens (tertiary/aromatic N) is 4. The first-order chi connectivity index (χ1) is 12.3. The molecule has 0 bridgehead atoms. The van der Waals surface area contributed by atoms with E-state index in [-0.39, 0.29) is 23.0 Å². The van der Waals surface area contributed by atoms with Crippen molar-refractivity contribution < 1.29 is 20.4 Å². The fraction of sp³-hybridized carbons (Fsp3) is 0.222. The minimum Gasteiger partial charge on any atom is -0.508 e. The van der Waals surface area contributed by atoms with Crippen LogP contribution in [0.1, 0.15) is 11.1 Å². The monoisotopic (exact) mass is 358 g/mol. The van der Waals surface area contributed by atoms with Gasteiger partial charge in [-0.05, 0) is 24.3 Å². The molecular formula is C18H22N4O4. The van der Waals surface area contributed by atoms with Crippen LogP contribution in [0.5, 0.6) is 23.0 Å². The van der Waals surface area contributed by atoms with E-state index in [1.165, 1.54) is 36.7 Å². The number of hydrazone groups is 2. The number of hydrogen-bond donors (Lipinski definition) is 4. The summed E-state index contributed by atoms with van der Waals surface area (Å²) in [5.41, 5.74) is 1.01. The Labute approximate surface area is 151 Å². The average Bonchev–Trinajstić information content (AvgIpc) is 2.58. The Kier molecular flexibility index (Phi) is 6.26. The van der Waals surface area contributed by atoms with Crippen molar-refractivity contribution in [1.82, 2.24) is 10.0 Å². The van der Waals surface area contributed by atoms with Gasteiger partial charge in [0.25, 0.3) is 0 Å². The van der Waals surface area contributed by atoms with Gasteiger partial charge in [-0.3, -0.25) is 10.0 Å². The summed E-state index contributed by atoms with van der Waals surface area (Å²) in [7, 11) is 3.58. The van der Waals surface area contributed by atoms with Crippen LogP contribution < -0.4 is 0 Å². The largest absolute Gasteiger partial charge is 0.508 e. The topological polar surface area (TPSA) is 112 Å². The Balaban J connectivity index is 1.85. The Bertz CT molecular complexity index is 740. The third-order valence-corrected chi connectivity index (χ3v) is 3.56. The molecule has 138 valence electrons. The first kappa shape index (κ1) is 18.9. The maximum atomic E-state index is 9.71. The van der Waals surface area contributed by atoms with Crippen LogP contribution in [-0.2, 0) is 0 Å². The molecule has 2 rings (SSSR count). The van der Waals surface area contributed by atoms with Crippen molar-refractivity contribution in [3.8, 4) is 23.0 Å². The summed E-state index contributed by atoms with van der Waals surface area (Å²) in [4.78, 5) is 0. The van der Waals surface area contributed by atoms with Crippen LogP contribution in [0.15, 0.2) is 46.6 Å². The molecule has 0 saturated heterocycles. The van der Waals surface area contributed by atoms with Crippen LogP contribution in [0.4, 0.5) is 0 Å². The molecule has 26 heavy (non-hydrogen) atoms. The van der Waals surface area contributed by atoms with E-state index in [4.69, 9.17) is 0 Å². The molecule has 0 heterocycles. The van der Waals surface area contributed by atoms with Gasteiger partial charge in [0.1, 0.15) is 23.0 Å². The van der Waals surface area contributed by atoms with Gasteiger partial charge in [-0.2, -0.15) is 10.2 Å². The highest BCUT2D eigenvalue weighted by molar-refractivity contribution is 5.84. The van der Waals surface area contributed by atoms with Crippen molar-refractivity contribution in [3.63, 3.8) is 0 Å². The van der Waals surface area contributed by atoms with Crippen LogP contribution in [0, 0.1) is 0 Å². The zero-order chi connectivity index (χ0) is 19.1. The second-order valence-electron chi connectivity index (χ2n) is 5.74. The predicted molar refractivity (Wildman–Crippen MR) is 100.0 cm³/mol. The van der Waals surface area contributed by atoms with Gasteiger partial charge in [0.15, 0.2) is 0 Å². The normalized spacial score (nSPS) is 11.3. The zero-order valence-corrected chi connectivity index (χ0v) is 14.6. The van der Waals surface area contributed by atoms with Gasteiger partial charge in [0, 0.05) is 37.4 Å². The number of aromatic hydroxyl groups is 4. The van der Waals surface area contributed by atoms with E-state index in [0.29, 0.717) is 24.2 Å². The highest BCUT2D eigenvalue weighted by Gasteiger charge is 2.02. The fourth-order valence-corrected chi connectivity index (χ4v) is 2.01. The lowest BCUT2D eigenvalue weighted by Gasteiger charge is -2.17. The van der Waals surface area contributed by atoms with Gasteiger partial charge in [0.2, 0.25) is 0 Å². The molecule has 0 spiro atoms. The van der Waals surface area contributed by atoms with Crippen LogP contribution in [-0.4, -0.2) is 70.1 Å². The quantitative estimate of drug-likeness (QED) is 0.443. The maximum absolute atomic E-state index is 9.71. The van der Waals surface area contributed by atoms with Crippen molar-refractivity contribution in [2.75, 3.05) is 27.2 Å². The van der Waals surface area contributed by atoms with Crippen molar-refractivity contribution in [1.29, 1.82) is 0 Å². The number of phenols is 4. The minimum absolute atomic E-state index is 0.00726. The maximum Gasteiger partial charge on any atom is 0.128 e. The number of likely N-dealkylation sites (N-methyl/N-ethyl adjacent to an activating group) is 2. The van der Waals surface area contributed by atoms with Crippen LogP contribution >= 0.6 is 0 Å². The lowest BCUT2D eigenvalue weighted by molar-refractivity contribution is 0.272. The van der Waals surface area contributed by atoms with E-state index in [9.17, 15) is 20.4 Å². The van der Waals surface area contributed by atoms with Gasteiger partial charge < -0.3 is 20.4 Å². The molecule has 0 aliphatic carbocycles. The predicted octanol–water partition coefficient (Wildman–Crippen LogP) is 1.74. The third kappa shape index (κ3) is 5.59. The number of hydrogen-bond acceptors (Lipinski definition) is 8. The Morgan fingerprint density at radius 3 is 1.46 bits per heavy atom. The van der Waals surface area contributed by atoms with Crippen molar-refractivity contribution in [3.05, 3.63) is 47.5 Å². The fourth-order valence-electron chi connectivity index (χ4n) is 2.01. The van der Waals surface area contributed by atoms with Gasteiger partial charge in [-0.25, -0.2) is 0 Å². The van der Waals surface area contributed by atoms with E-state index in [1.54, 1.807) is 36.2 Å². The average molecular weight is 358 g/mol. The molecule has 8 nitrogen and oxygen atoms in total. The SMILES string of the molecule is CN(CCN(C)/N=C/c1ccc(O)cc1O)/N=C\c1ccc(O)cc1O. The Morgan fingerprint density at radius 2 is 1.12 bits per heavy atom. The number of benzene rings is 2. The molecule has 0 atom stereocenters. The van der Waals surface area contributed by atoms with Crippen molar-refractivity contribution in [2.45, 2.75) is 0 Å². The summed E-state index contributed by atoms with van der Waals surface area (Å²) in [5, 5.41) is 49.8. The lowest BCUT2D eigenvalue weighted by atomic mass is 10.2. The summed E-state index contributed by atoms with van der Waals surface area (Å²) in [6, 6.07) is 8.60. The van der Waals surface area contributed by atoms with Crippen molar-refractivity contribution >= 4 is 12.4 Å². The molecule has 0 unspecified atom stereocenters. The summed E-state index contributed by atoms with van der Waals surface area (Å²) >= 11 is 0. The molecule has 0 amide bonds. The molecule has 2 aromatic carbocycles. The molecule has 0 saturated carbocycles. The van der Waals surface area contributed by atoms with E-state index in [2.05, 4.69) is 10.2 Å². The smallest absolute Gasteiger partial charge is 0.128 e. The van der Waals surface area contributed by atoms with E-state index in [0.717, 1.165) is 0 Å². The molecule has 0 aliphatic heterocycles. The Morgan fingerprint density at radius 1 is 0.731 bits per heavy atom. The van der Waals surface area contributed by atoms with Gasteiger partial charge in [0.05, 0.1) is 25.5 Å². The van der Waals surface area contributed by atoms with Crippen LogP contribution in [0.25, 0.3) is 0 Å². The second-order valence-corrected chi connectivity index (χ2v) is 5.74.